The van der Waals surface area contributed by atoms with Crippen LogP contribution in [-0.2, 0) is 19.1 Å². The summed E-state index contributed by atoms with van der Waals surface area (Å²) in [6, 6.07) is 0. The molecular weight excluding hydrogens is 280 g/mol. The molecule has 1 aliphatic carbocycles. The third-order valence-corrected chi connectivity index (χ3v) is 4.02. The zero-order valence-corrected chi connectivity index (χ0v) is 14.0. The number of carbonyl (C=O) groups is 2. The first-order valence-corrected chi connectivity index (χ1v) is 8.69. The van der Waals surface area contributed by atoms with Crippen molar-refractivity contribution in [3.05, 3.63) is 12.2 Å². The van der Waals surface area contributed by atoms with Gasteiger partial charge in [0.1, 0.15) is 0 Å². The first-order chi connectivity index (χ1) is 10.7. The number of allylic oxidation sites excluding steroid dienone is 2. The number of rotatable bonds is 10. The molecule has 0 heterocycles. The molecule has 0 radical (unpaired) electrons. The molecule has 0 unspecified atom stereocenters. The Kier molecular flexibility index (Phi) is 9.60. The molecule has 1 aliphatic rings. The lowest BCUT2D eigenvalue weighted by molar-refractivity contribution is -0.161. The summed E-state index contributed by atoms with van der Waals surface area (Å²) >= 11 is 0. The number of unbranched alkanes of at least 4 members (excludes halogenated alkanes) is 4. The van der Waals surface area contributed by atoms with Crippen LogP contribution in [0.2, 0.25) is 0 Å². The lowest BCUT2D eigenvalue weighted by Gasteiger charge is -2.25. The van der Waals surface area contributed by atoms with Crippen molar-refractivity contribution in [2.75, 3.05) is 13.2 Å². The predicted octanol–water partition coefficient (Wildman–Crippen LogP) is 4.04. The highest BCUT2D eigenvalue weighted by molar-refractivity contribution is 5.82. The molecule has 0 spiro atoms. The quantitative estimate of drug-likeness (QED) is 0.347. The van der Waals surface area contributed by atoms with Crippen LogP contribution < -0.4 is 0 Å². The average Bonchev–Trinajstić information content (AvgIpc) is 2.55. The number of esters is 2. The highest BCUT2D eigenvalue weighted by Crippen LogP contribution is 2.28. The molecule has 4 nitrogen and oxygen atoms in total. The van der Waals surface area contributed by atoms with Crippen molar-refractivity contribution >= 4 is 11.9 Å². The van der Waals surface area contributed by atoms with Crippen LogP contribution in [0, 0.1) is 11.8 Å². The van der Waals surface area contributed by atoms with Gasteiger partial charge in [0.15, 0.2) is 0 Å². The van der Waals surface area contributed by atoms with Crippen molar-refractivity contribution in [2.24, 2.45) is 11.8 Å². The monoisotopic (exact) mass is 310 g/mol. The summed E-state index contributed by atoms with van der Waals surface area (Å²) in [5.41, 5.74) is 0. The molecule has 0 aromatic rings. The standard InChI is InChI=1S/C18H30O4/c1-3-5-9-13-21-17(19)15-11-7-8-12-16(15)18(20)22-14-10-6-4-2/h7-8,15-16H,3-6,9-14H2,1-2H3/t15-,16-/m1/s1. The Bertz CT molecular complexity index is 328. The lowest BCUT2D eigenvalue weighted by atomic mass is 9.83. The van der Waals surface area contributed by atoms with Crippen LogP contribution in [0.15, 0.2) is 12.2 Å². The van der Waals surface area contributed by atoms with Crippen LogP contribution in [-0.4, -0.2) is 25.2 Å². The van der Waals surface area contributed by atoms with Gasteiger partial charge in [-0.05, 0) is 25.7 Å². The summed E-state index contributed by atoms with van der Waals surface area (Å²) in [4.78, 5) is 24.4. The minimum Gasteiger partial charge on any atom is -0.465 e. The number of hydrogen-bond donors (Lipinski definition) is 0. The van der Waals surface area contributed by atoms with Gasteiger partial charge in [0.25, 0.3) is 0 Å². The normalized spacial score (nSPS) is 20.6. The Labute approximate surface area is 134 Å². The third-order valence-electron chi connectivity index (χ3n) is 4.02. The second-order valence-corrected chi connectivity index (χ2v) is 5.91. The Morgan fingerprint density at radius 2 is 1.23 bits per heavy atom. The Balaban J connectivity index is 2.43. The number of hydrogen-bond acceptors (Lipinski definition) is 4. The highest BCUT2D eigenvalue weighted by Gasteiger charge is 2.36. The van der Waals surface area contributed by atoms with Crippen LogP contribution in [0.1, 0.15) is 65.2 Å². The molecule has 0 saturated heterocycles. The molecule has 0 bridgehead atoms. The van der Waals surface area contributed by atoms with E-state index in [1.165, 1.54) is 0 Å². The molecule has 0 aliphatic heterocycles. The topological polar surface area (TPSA) is 52.6 Å². The molecule has 4 heteroatoms. The zero-order valence-electron chi connectivity index (χ0n) is 14.0. The first kappa shape index (κ1) is 18.7. The summed E-state index contributed by atoms with van der Waals surface area (Å²) in [5, 5.41) is 0. The molecular formula is C18H30O4. The fourth-order valence-corrected chi connectivity index (χ4v) is 2.60. The second-order valence-electron chi connectivity index (χ2n) is 5.91. The number of ether oxygens (including phenoxy) is 2. The lowest BCUT2D eigenvalue weighted by Crippen LogP contribution is -2.34. The fraction of sp³-hybridized carbons (Fsp3) is 0.778. The largest absolute Gasteiger partial charge is 0.465 e. The van der Waals surface area contributed by atoms with Gasteiger partial charge in [0.2, 0.25) is 0 Å². The van der Waals surface area contributed by atoms with Crippen molar-refractivity contribution in [1.82, 2.24) is 0 Å². The van der Waals surface area contributed by atoms with Gasteiger partial charge >= 0.3 is 11.9 Å². The molecule has 0 saturated carbocycles. The van der Waals surface area contributed by atoms with E-state index in [9.17, 15) is 9.59 Å². The maximum atomic E-state index is 12.2. The average molecular weight is 310 g/mol. The van der Waals surface area contributed by atoms with E-state index < -0.39 is 0 Å². The summed E-state index contributed by atoms with van der Waals surface area (Å²) in [5.74, 6) is -1.28. The Morgan fingerprint density at radius 3 is 1.59 bits per heavy atom. The molecule has 0 fully saturated rings. The van der Waals surface area contributed by atoms with E-state index in [2.05, 4.69) is 13.8 Å². The summed E-state index contributed by atoms with van der Waals surface area (Å²) in [6.45, 7) is 5.12. The minimum atomic E-state index is -0.384. The maximum absolute atomic E-state index is 12.2. The molecule has 0 amide bonds. The molecule has 2 atom stereocenters. The predicted molar refractivity (Wildman–Crippen MR) is 86.3 cm³/mol. The van der Waals surface area contributed by atoms with E-state index in [0.29, 0.717) is 26.1 Å². The van der Waals surface area contributed by atoms with Gasteiger partial charge < -0.3 is 9.47 Å². The first-order valence-electron chi connectivity index (χ1n) is 8.69. The zero-order chi connectivity index (χ0) is 16.2. The van der Waals surface area contributed by atoms with Gasteiger partial charge in [0.05, 0.1) is 25.0 Å². The van der Waals surface area contributed by atoms with Crippen molar-refractivity contribution in [3.63, 3.8) is 0 Å². The van der Waals surface area contributed by atoms with Crippen molar-refractivity contribution in [3.8, 4) is 0 Å². The number of carbonyl (C=O) groups excluding carboxylic acids is 2. The Morgan fingerprint density at radius 1 is 0.818 bits per heavy atom. The highest BCUT2D eigenvalue weighted by atomic mass is 16.5. The van der Waals surface area contributed by atoms with Crippen molar-refractivity contribution < 1.29 is 19.1 Å². The van der Waals surface area contributed by atoms with Crippen molar-refractivity contribution in [2.45, 2.75) is 65.2 Å². The van der Waals surface area contributed by atoms with Crippen molar-refractivity contribution in [1.29, 1.82) is 0 Å². The van der Waals surface area contributed by atoms with Gasteiger partial charge in [0, 0.05) is 0 Å². The van der Waals surface area contributed by atoms with E-state index in [0.717, 1.165) is 38.5 Å². The van der Waals surface area contributed by atoms with E-state index in [-0.39, 0.29) is 23.8 Å². The van der Waals surface area contributed by atoms with E-state index in [1.54, 1.807) is 0 Å². The van der Waals surface area contributed by atoms with Gasteiger partial charge in [-0.15, -0.1) is 0 Å². The van der Waals surface area contributed by atoms with Gasteiger partial charge in [-0.2, -0.15) is 0 Å². The molecule has 0 aromatic heterocycles. The fourth-order valence-electron chi connectivity index (χ4n) is 2.60. The van der Waals surface area contributed by atoms with Crippen LogP contribution in [0.4, 0.5) is 0 Å². The Hall–Kier alpha value is -1.32. The third kappa shape index (κ3) is 6.63. The smallest absolute Gasteiger partial charge is 0.310 e. The molecule has 0 N–H and O–H groups in total. The summed E-state index contributed by atoms with van der Waals surface area (Å²) < 4.78 is 10.7. The minimum absolute atomic E-state index is 0.254. The molecule has 126 valence electrons. The SMILES string of the molecule is CCCCCOC(=O)[C@@H]1CC=CC[C@H]1C(=O)OCCCCC. The molecule has 1 rings (SSSR count). The van der Waals surface area contributed by atoms with Gasteiger partial charge in [-0.25, -0.2) is 0 Å². The molecule has 0 aromatic carbocycles. The van der Waals surface area contributed by atoms with Crippen LogP contribution >= 0.6 is 0 Å². The molecule has 22 heavy (non-hydrogen) atoms. The van der Waals surface area contributed by atoms with Gasteiger partial charge in [-0.1, -0.05) is 51.7 Å². The maximum Gasteiger partial charge on any atom is 0.310 e. The summed E-state index contributed by atoms with van der Waals surface area (Å²) in [6.07, 6.45) is 11.1. The summed E-state index contributed by atoms with van der Waals surface area (Å²) in [7, 11) is 0. The van der Waals surface area contributed by atoms with Crippen LogP contribution in [0.25, 0.3) is 0 Å². The van der Waals surface area contributed by atoms with E-state index >= 15 is 0 Å². The van der Waals surface area contributed by atoms with Gasteiger partial charge in [-0.3, -0.25) is 9.59 Å². The van der Waals surface area contributed by atoms with E-state index in [4.69, 9.17) is 9.47 Å². The second kappa shape index (κ2) is 11.3. The van der Waals surface area contributed by atoms with Crippen LogP contribution in [0.3, 0.4) is 0 Å². The van der Waals surface area contributed by atoms with E-state index in [1.807, 2.05) is 12.2 Å². The van der Waals surface area contributed by atoms with Crippen LogP contribution in [0.5, 0.6) is 0 Å².